The molecule has 0 unspecified atom stereocenters. The van der Waals surface area contributed by atoms with Gasteiger partial charge in [0, 0.05) is 48.8 Å². The third kappa shape index (κ3) is 5.22. The van der Waals surface area contributed by atoms with Crippen LogP contribution in [0.25, 0.3) is 0 Å². The monoisotopic (exact) mass is 329 g/mol. The third-order valence-electron chi connectivity index (χ3n) is 3.06. The van der Waals surface area contributed by atoms with E-state index in [4.69, 9.17) is 5.73 Å². The Labute approximate surface area is 135 Å². The minimum absolute atomic E-state index is 0. The molecule has 2 rings (SSSR count). The number of thioether (sulfide) groups is 1. The maximum absolute atomic E-state index is 12.3. The van der Waals surface area contributed by atoms with Gasteiger partial charge in [0.25, 0.3) is 5.91 Å². The second-order valence-electron chi connectivity index (χ2n) is 4.57. The van der Waals surface area contributed by atoms with E-state index in [9.17, 15) is 9.59 Å². The SMILES string of the molecule is Cl.NCCC(=O)Nc1cccc(C(=O)N2CCSCC2)c1. The van der Waals surface area contributed by atoms with Gasteiger partial charge in [0.2, 0.25) is 5.91 Å². The number of rotatable bonds is 4. The summed E-state index contributed by atoms with van der Waals surface area (Å²) < 4.78 is 0. The Kier molecular flexibility index (Phi) is 7.56. The van der Waals surface area contributed by atoms with Crippen molar-refractivity contribution in [3.8, 4) is 0 Å². The zero-order chi connectivity index (χ0) is 14.4. The van der Waals surface area contributed by atoms with Gasteiger partial charge in [-0.3, -0.25) is 9.59 Å². The quantitative estimate of drug-likeness (QED) is 0.879. The van der Waals surface area contributed by atoms with E-state index in [1.54, 1.807) is 24.3 Å². The van der Waals surface area contributed by atoms with Crippen LogP contribution in [0, 0.1) is 0 Å². The van der Waals surface area contributed by atoms with Crippen molar-refractivity contribution < 1.29 is 9.59 Å². The lowest BCUT2D eigenvalue weighted by Crippen LogP contribution is -2.37. The maximum atomic E-state index is 12.3. The van der Waals surface area contributed by atoms with Crippen LogP contribution in [-0.4, -0.2) is 47.9 Å². The van der Waals surface area contributed by atoms with Crippen molar-refractivity contribution in [2.45, 2.75) is 6.42 Å². The number of nitrogens with two attached hydrogens (primary N) is 1. The molecule has 0 saturated carbocycles. The summed E-state index contributed by atoms with van der Waals surface area (Å²) in [5.74, 6) is 1.86. The Morgan fingerprint density at radius 1 is 1.29 bits per heavy atom. The molecule has 7 heteroatoms. The zero-order valence-corrected chi connectivity index (χ0v) is 13.3. The molecule has 0 spiro atoms. The molecule has 0 bridgehead atoms. The molecule has 1 aromatic rings. The standard InChI is InChI=1S/C14H19N3O2S.ClH/c15-5-4-13(18)16-12-3-1-2-11(10-12)14(19)17-6-8-20-9-7-17;/h1-3,10H,4-9,15H2,(H,16,18);1H. The minimum atomic E-state index is -0.133. The highest BCUT2D eigenvalue weighted by Gasteiger charge is 2.18. The van der Waals surface area contributed by atoms with Crippen LogP contribution in [0.3, 0.4) is 0 Å². The van der Waals surface area contributed by atoms with Gasteiger partial charge in [0.05, 0.1) is 0 Å². The fourth-order valence-corrected chi connectivity index (χ4v) is 2.94. The topological polar surface area (TPSA) is 75.4 Å². The third-order valence-corrected chi connectivity index (χ3v) is 4.01. The highest BCUT2D eigenvalue weighted by atomic mass is 35.5. The maximum Gasteiger partial charge on any atom is 0.253 e. The molecule has 0 aliphatic carbocycles. The van der Waals surface area contributed by atoms with E-state index in [2.05, 4.69) is 5.32 Å². The first-order chi connectivity index (χ1) is 9.70. The Hall–Kier alpha value is -1.24. The van der Waals surface area contributed by atoms with E-state index < -0.39 is 0 Å². The number of nitrogens with one attached hydrogen (secondary N) is 1. The average molecular weight is 330 g/mol. The molecule has 0 aromatic heterocycles. The van der Waals surface area contributed by atoms with Crippen LogP contribution in [0.4, 0.5) is 5.69 Å². The molecule has 0 atom stereocenters. The number of halogens is 1. The van der Waals surface area contributed by atoms with Gasteiger partial charge in [-0.1, -0.05) is 6.07 Å². The Morgan fingerprint density at radius 3 is 2.67 bits per heavy atom. The normalized spacial score (nSPS) is 14.2. The van der Waals surface area contributed by atoms with Crippen molar-refractivity contribution in [1.29, 1.82) is 0 Å². The molecule has 0 radical (unpaired) electrons. The zero-order valence-electron chi connectivity index (χ0n) is 11.7. The lowest BCUT2D eigenvalue weighted by molar-refractivity contribution is -0.116. The summed E-state index contributed by atoms with van der Waals surface area (Å²) >= 11 is 1.87. The van der Waals surface area contributed by atoms with Gasteiger partial charge in [-0.05, 0) is 18.2 Å². The molecule has 116 valence electrons. The molecule has 1 saturated heterocycles. The first-order valence-electron chi connectivity index (χ1n) is 6.67. The molecule has 5 nitrogen and oxygen atoms in total. The van der Waals surface area contributed by atoms with Gasteiger partial charge >= 0.3 is 0 Å². The number of carbonyl (C=O) groups excluding carboxylic acids is 2. The van der Waals surface area contributed by atoms with E-state index in [-0.39, 0.29) is 30.6 Å². The van der Waals surface area contributed by atoms with E-state index >= 15 is 0 Å². The Morgan fingerprint density at radius 2 is 2.00 bits per heavy atom. The number of carbonyl (C=O) groups is 2. The van der Waals surface area contributed by atoms with Crippen molar-refractivity contribution in [2.24, 2.45) is 5.73 Å². The molecule has 1 aromatic carbocycles. The number of amides is 2. The summed E-state index contributed by atoms with van der Waals surface area (Å²) in [6.07, 6.45) is 0.279. The van der Waals surface area contributed by atoms with Crippen molar-refractivity contribution in [3.63, 3.8) is 0 Å². The number of benzene rings is 1. The first kappa shape index (κ1) is 17.8. The Balaban J connectivity index is 0.00000220. The predicted octanol–water partition coefficient (Wildman–Crippen LogP) is 1.58. The van der Waals surface area contributed by atoms with Gasteiger partial charge in [-0.25, -0.2) is 0 Å². The van der Waals surface area contributed by atoms with Crippen LogP contribution >= 0.6 is 24.2 Å². The van der Waals surface area contributed by atoms with Crippen LogP contribution in [0.1, 0.15) is 16.8 Å². The number of anilines is 1. The van der Waals surface area contributed by atoms with E-state index in [0.717, 1.165) is 24.6 Å². The van der Waals surface area contributed by atoms with Gasteiger partial charge in [-0.15, -0.1) is 12.4 Å². The minimum Gasteiger partial charge on any atom is -0.337 e. The molecule has 1 aliphatic heterocycles. The molecular weight excluding hydrogens is 310 g/mol. The largest absolute Gasteiger partial charge is 0.337 e. The van der Waals surface area contributed by atoms with Gasteiger partial charge < -0.3 is 16.0 Å². The summed E-state index contributed by atoms with van der Waals surface area (Å²) in [5.41, 5.74) is 6.59. The van der Waals surface area contributed by atoms with Crippen LogP contribution in [0.2, 0.25) is 0 Å². The van der Waals surface area contributed by atoms with E-state index in [1.807, 2.05) is 16.7 Å². The highest BCUT2D eigenvalue weighted by Crippen LogP contribution is 2.16. The van der Waals surface area contributed by atoms with Gasteiger partial charge in [0.15, 0.2) is 0 Å². The fourth-order valence-electron chi connectivity index (χ4n) is 2.03. The first-order valence-corrected chi connectivity index (χ1v) is 7.83. The summed E-state index contributed by atoms with van der Waals surface area (Å²) in [7, 11) is 0. The molecule has 1 aliphatic rings. The number of nitrogens with zero attached hydrogens (tertiary/aromatic N) is 1. The smallest absolute Gasteiger partial charge is 0.253 e. The summed E-state index contributed by atoms with van der Waals surface area (Å²) in [5, 5.41) is 2.75. The number of hydrogen-bond acceptors (Lipinski definition) is 4. The molecule has 1 fully saturated rings. The number of hydrogen-bond donors (Lipinski definition) is 2. The van der Waals surface area contributed by atoms with Gasteiger partial charge in [-0.2, -0.15) is 11.8 Å². The summed E-state index contributed by atoms with van der Waals surface area (Å²) in [6, 6.07) is 7.06. The lowest BCUT2D eigenvalue weighted by atomic mass is 10.1. The molecule has 21 heavy (non-hydrogen) atoms. The van der Waals surface area contributed by atoms with Crippen molar-refractivity contribution in [3.05, 3.63) is 29.8 Å². The molecule has 2 amide bonds. The highest BCUT2D eigenvalue weighted by molar-refractivity contribution is 7.99. The fraction of sp³-hybridized carbons (Fsp3) is 0.429. The average Bonchev–Trinajstić information content (AvgIpc) is 2.48. The lowest BCUT2D eigenvalue weighted by Gasteiger charge is -2.26. The van der Waals surface area contributed by atoms with Gasteiger partial charge in [0.1, 0.15) is 0 Å². The van der Waals surface area contributed by atoms with Crippen molar-refractivity contribution in [1.82, 2.24) is 4.90 Å². The van der Waals surface area contributed by atoms with Crippen LogP contribution in [0.15, 0.2) is 24.3 Å². The van der Waals surface area contributed by atoms with Crippen molar-refractivity contribution >= 4 is 41.7 Å². The molecule has 3 N–H and O–H groups in total. The van der Waals surface area contributed by atoms with Crippen LogP contribution in [0.5, 0.6) is 0 Å². The van der Waals surface area contributed by atoms with E-state index in [0.29, 0.717) is 17.8 Å². The second-order valence-corrected chi connectivity index (χ2v) is 5.80. The van der Waals surface area contributed by atoms with Crippen molar-refractivity contribution in [2.75, 3.05) is 36.5 Å². The summed E-state index contributed by atoms with van der Waals surface area (Å²) in [6.45, 7) is 1.89. The molecular formula is C14H20ClN3O2S. The van der Waals surface area contributed by atoms with Crippen LogP contribution in [-0.2, 0) is 4.79 Å². The second kappa shape index (κ2) is 8.92. The van der Waals surface area contributed by atoms with Crippen LogP contribution < -0.4 is 11.1 Å². The van der Waals surface area contributed by atoms with E-state index in [1.165, 1.54) is 0 Å². The summed E-state index contributed by atoms with van der Waals surface area (Å²) in [4.78, 5) is 25.7. The predicted molar refractivity (Wildman–Crippen MR) is 89.2 cm³/mol. The Bertz CT molecular complexity index is 493. The molecule has 1 heterocycles.